The lowest BCUT2D eigenvalue weighted by Crippen LogP contribution is -2.22. The average molecular weight is 256 g/mol. The summed E-state index contributed by atoms with van der Waals surface area (Å²) in [6, 6.07) is 4.12. The summed E-state index contributed by atoms with van der Waals surface area (Å²) in [5.74, 6) is 0. The second kappa shape index (κ2) is 3.73. The molecule has 0 radical (unpaired) electrons. The first-order chi connectivity index (χ1) is 7.69. The molecule has 0 unspecified atom stereocenters. The molecule has 1 aromatic rings. The van der Waals surface area contributed by atoms with Crippen molar-refractivity contribution in [3.8, 4) is 0 Å². The molecule has 0 saturated carbocycles. The number of alkyl halides is 3. The maximum absolute atomic E-state index is 12.6. The van der Waals surface area contributed by atoms with Crippen LogP contribution in [0.5, 0.6) is 0 Å². The molecule has 1 aliphatic carbocycles. The standard InChI is InChI=1S/C13H15F3Si/c1-17(2,3)12-7-4-9-8-10(13(14,15)16)5-6-11(9)12/h5-8H,4H2,1-3H3. The van der Waals surface area contributed by atoms with Crippen molar-refractivity contribution in [2.75, 3.05) is 0 Å². The molecule has 2 rings (SSSR count). The fourth-order valence-corrected chi connectivity index (χ4v) is 4.00. The van der Waals surface area contributed by atoms with Crippen LogP contribution in [-0.4, -0.2) is 8.07 Å². The molecule has 0 bridgehead atoms. The molecule has 0 aliphatic heterocycles. The highest BCUT2D eigenvalue weighted by Gasteiger charge is 2.33. The van der Waals surface area contributed by atoms with Crippen LogP contribution in [0.3, 0.4) is 0 Å². The van der Waals surface area contributed by atoms with E-state index in [9.17, 15) is 13.2 Å². The molecule has 92 valence electrons. The van der Waals surface area contributed by atoms with Crippen molar-refractivity contribution in [3.05, 3.63) is 41.0 Å². The van der Waals surface area contributed by atoms with E-state index < -0.39 is 19.8 Å². The third-order valence-electron chi connectivity index (χ3n) is 3.06. The number of benzene rings is 1. The molecule has 0 fully saturated rings. The molecule has 0 nitrogen and oxygen atoms in total. The van der Waals surface area contributed by atoms with Gasteiger partial charge in [0, 0.05) is 0 Å². The van der Waals surface area contributed by atoms with Crippen molar-refractivity contribution in [1.29, 1.82) is 0 Å². The van der Waals surface area contributed by atoms with Crippen LogP contribution >= 0.6 is 0 Å². The molecule has 0 heterocycles. The third kappa shape index (κ3) is 2.32. The Morgan fingerprint density at radius 3 is 2.29 bits per heavy atom. The van der Waals surface area contributed by atoms with Crippen molar-refractivity contribution in [3.63, 3.8) is 0 Å². The van der Waals surface area contributed by atoms with Gasteiger partial charge in [-0.05, 0) is 29.7 Å². The Hall–Kier alpha value is -1.03. The van der Waals surface area contributed by atoms with Crippen molar-refractivity contribution in [2.24, 2.45) is 0 Å². The molecule has 0 N–H and O–H groups in total. The highest BCUT2D eigenvalue weighted by Crippen LogP contribution is 2.38. The normalized spacial score (nSPS) is 15.8. The SMILES string of the molecule is C[Si](C)(C)C1=CCc2cc(C(F)(F)F)ccc21. The number of allylic oxidation sites excluding steroid dienone is 1. The van der Waals surface area contributed by atoms with Crippen LogP contribution in [0.1, 0.15) is 16.7 Å². The van der Waals surface area contributed by atoms with Gasteiger partial charge in [-0.2, -0.15) is 13.2 Å². The van der Waals surface area contributed by atoms with E-state index in [1.165, 1.54) is 17.3 Å². The summed E-state index contributed by atoms with van der Waals surface area (Å²) >= 11 is 0. The maximum atomic E-state index is 12.6. The molecule has 0 spiro atoms. The predicted molar refractivity (Wildman–Crippen MR) is 66.5 cm³/mol. The van der Waals surface area contributed by atoms with Gasteiger partial charge in [-0.3, -0.25) is 0 Å². The van der Waals surface area contributed by atoms with Crippen LogP contribution in [0, 0.1) is 0 Å². The van der Waals surface area contributed by atoms with Gasteiger partial charge in [-0.25, -0.2) is 0 Å². The lowest BCUT2D eigenvalue weighted by molar-refractivity contribution is -0.137. The average Bonchev–Trinajstić information content (AvgIpc) is 2.57. The van der Waals surface area contributed by atoms with Gasteiger partial charge in [-0.15, -0.1) is 0 Å². The summed E-state index contributed by atoms with van der Waals surface area (Å²) in [6.45, 7) is 6.64. The zero-order chi connectivity index (χ0) is 12.8. The number of hydrogen-bond donors (Lipinski definition) is 0. The zero-order valence-electron chi connectivity index (χ0n) is 10.2. The topological polar surface area (TPSA) is 0 Å². The Labute approximate surface area is 100 Å². The fraction of sp³-hybridized carbons (Fsp3) is 0.385. The second-order valence-electron chi connectivity index (χ2n) is 5.44. The lowest BCUT2D eigenvalue weighted by Gasteiger charge is -2.20. The van der Waals surface area contributed by atoms with E-state index in [1.54, 1.807) is 6.07 Å². The minimum atomic E-state index is -4.24. The van der Waals surface area contributed by atoms with E-state index in [-0.39, 0.29) is 0 Å². The number of fused-ring (bicyclic) bond motifs is 1. The molecule has 0 atom stereocenters. The second-order valence-corrected chi connectivity index (χ2v) is 10.5. The van der Waals surface area contributed by atoms with Crippen molar-refractivity contribution >= 4 is 13.3 Å². The summed E-state index contributed by atoms with van der Waals surface area (Å²) < 4.78 is 37.7. The molecule has 1 aliphatic rings. The number of halogens is 3. The first-order valence-electron chi connectivity index (χ1n) is 5.61. The predicted octanol–water partition coefficient (Wildman–Crippen LogP) is 4.52. The smallest absolute Gasteiger partial charge is 0.166 e. The van der Waals surface area contributed by atoms with E-state index >= 15 is 0 Å². The lowest BCUT2D eigenvalue weighted by atomic mass is 10.1. The van der Waals surface area contributed by atoms with E-state index in [0.717, 1.165) is 11.1 Å². The maximum Gasteiger partial charge on any atom is 0.416 e. The largest absolute Gasteiger partial charge is 0.416 e. The van der Waals surface area contributed by atoms with E-state index in [4.69, 9.17) is 0 Å². The highest BCUT2D eigenvalue weighted by molar-refractivity contribution is 6.93. The van der Waals surface area contributed by atoms with E-state index in [1.807, 2.05) is 0 Å². The minimum absolute atomic E-state index is 0.540. The summed E-state index contributed by atoms with van der Waals surface area (Å²) in [6.07, 6.45) is -1.51. The van der Waals surface area contributed by atoms with Crippen molar-refractivity contribution in [1.82, 2.24) is 0 Å². The van der Waals surface area contributed by atoms with Crippen LogP contribution in [0.25, 0.3) is 5.20 Å². The molecule has 17 heavy (non-hydrogen) atoms. The van der Waals surface area contributed by atoms with Crippen LogP contribution in [-0.2, 0) is 12.6 Å². The Morgan fingerprint density at radius 2 is 1.76 bits per heavy atom. The first-order valence-corrected chi connectivity index (χ1v) is 9.11. The van der Waals surface area contributed by atoms with Gasteiger partial charge in [0.05, 0.1) is 13.6 Å². The zero-order valence-corrected chi connectivity index (χ0v) is 11.2. The molecular weight excluding hydrogens is 241 g/mol. The number of hydrogen-bond acceptors (Lipinski definition) is 0. The number of rotatable bonds is 1. The third-order valence-corrected chi connectivity index (χ3v) is 5.15. The van der Waals surface area contributed by atoms with Crippen LogP contribution in [0.15, 0.2) is 24.3 Å². The molecule has 0 amide bonds. The fourth-order valence-electron chi connectivity index (χ4n) is 2.23. The first kappa shape index (κ1) is 12.4. The van der Waals surface area contributed by atoms with Crippen molar-refractivity contribution in [2.45, 2.75) is 32.2 Å². The van der Waals surface area contributed by atoms with Gasteiger partial charge in [0.15, 0.2) is 0 Å². The molecular formula is C13H15F3Si. The Kier molecular flexibility index (Phi) is 2.73. The van der Waals surface area contributed by atoms with Crippen LogP contribution in [0.4, 0.5) is 13.2 Å². The molecule has 4 heteroatoms. The van der Waals surface area contributed by atoms with Gasteiger partial charge >= 0.3 is 6.18 Å². The van der Waals surface area contributed by atoms with E-state index in [0.29, 0.717) is 6.42 Å². The Bertz CT molecular complexity index is 478. The van der Waals surface area contributed by atoms with Crippen molar-refractivity contribution < 1.29 is 13.2 Å². The van der Waals surface area contributed by atoms with Gasteiger partial charge < -0.3 is 0 Å². The molecule has 1 aromatic carbocycles. The minimum Gasteiger partial charge on any atom is -0.166 e. The quantitative estimate of drug-likeness (QED) is 0.648. The van der Waals surface area contributed by atoms with Gasteiger partial charge in [0.2, 0.25) is 0 Å². The van der Waals surface area contributed by atoms with Gasteiger partial charge in [0.25, 0.3) is 0 Å². The van der Waals surface area contributed by atoms with Gasteiger partial charge in [-0.1, -0.05) is 37.0 Å². The molecule has 0 aromatic heterocycles. The van der Waals surface area contributed by atoms with Crippen LogP contribution < -0.4 is 0 Å². The van der Waals surface area contributed by atoms with E-state index in [2.05, 4.69) is 25.7 Å². The monoisotopic (exact) mass is 256 g/mol. The summed E-state index contributed by atoms with van der Waals surface area (Å²) in [4.78, 5) is 0. The molecule has 0 saturated heterocycles. The Morgan fingerprint density at radius 1 is 1.12 bits per heavy atom. The van der Waals surface area contributed by atoms with Crippen LogP contribution in [0.2, 0.25) is 19.6 Å². The summed E-state index contributed by atoms with van der Waals surface area (Å²) in [5.41, 5.74) is 1.30. The summed E-state index contributed by atoms with van der Waals surface area (Å²) in [7, 11) is -1.46. The Balaban J connectivity index is 2.43. The highest BCUT2D eigenvalue weighted by atomic mass is 28.3. The summed E-state index contributed by atoms with van der Waals surface area (Å²) in [5, 5.41) is 1.28. The van der Waals surface area contributed by atoms with Gasteiger partial charge in [0.1, 0.15) is 0 Å².